The molecule has 1 aliphatic heterocycles. The Bertz CT molecular complexity index is 543. The van der Waals surface area contributed by atoms with Gasteiger partial charge < -0.3 is 15.0 Å². The molecule has 2 aliphatic rings. The number of rotatable bonds is 5. The molecule has 1 saturated carbocycles. The van der Waals surface area contributed by atoms with Crippen molar-refractivity contribution in [2.24, 2.45) is 5.92 Å². The molecule has 0 radical (unpaired) electrons. The van der Waals surface area contributed by atoms with Gasteiger partial charge in [-0.1, -0.05) is 19.3 Å². The summed E-state index contributed by atoms with van der Waals surface area (Å²) in [6, 6.07) is 0. The lowest BCUT2D eigenvalue weighted by atomic mass is 9.97. The number of hydrogen-bond donors (Lipinski definition) is 1. The molecule has 24 heavy (non-hydrogen) atoms. The molecular weight excluding hydrogens is 326 g/mol. The fourth-order valence-corrected chi connectivity index (χ4v) is 3.95. The van der Waals surface area contributed by atoms with Crippen LogP contribution >= 0.6 is 11.3 Å². The van der Waals surface area contributed by atoms with Crippen LogP contribution in [-0.4, -0.2) is 47.5 Å². The Hall–Kier alpha value is -1.47. The molecule has 2 fully saturated rings. The van der Waals surface area contributed by atoms with Crippen molar-refractivity contribution in [1.82, 2.24) is 9.88 Å². The molecule has 132 valence electrons. The zero-order chi connectivity index (χ0) is 16.8. The first-order chi connectivity index (χ1) is 11.7. The first kappa shape index (κ1) is 17.4. The molecule has 2 amide bonds. The van der Waals surface area contributed by atoms with Crippen LogP contribution in [0.25, 0.3) is 0 Å². The van der Waals surface area contributed by atoms with Crippen molar-refractivity contribution in [3.8, 4) is 0 Å². The fraction of sp³-hybridized carbons (Fsp3) is 0.706. The number of carbonyl (C=O) groups excluding carboxylic acids is 2. The largest absolute Gasteiger partial charge is 0.368 e. The van der Waals surface area contributed by atoms with Crippen molar-refractivity contribution in [3.63, 3.8) is 0 Å². The quantitative estimate of drug-likeness (QED) is 0.885. The third kappa shape index (κ3) is 4.77. The highest BCUT2D eigenvalue weighted by molar-refractivity contribution is 7.13. The zero-order valence-electron chi connectivity index (χ0n) is 13.9. The minimum absolute atomic E-state index is 0.00678. The van der Waals surface area contributed by atoms with Gasteiger partial charge in [0.25, 0.3) is 0 Å². The number of nitrogens with one attached hydrogen (secondary N) is 1. The predicted octanol–water partition coefficient (Wildman–Crippen LogP) is 2.67. The van der Waals surface area contributed by atoms with Crippen LogP contribution in [0.3, 0.4) is 0 Å². The average Bonchev–Trinajstić information content (AvgIpc) is 3.13. The fourth-order valence-electron chi connectivity index (χ4n) is 3.42. The molecule has 3 rings (SSSR count). The van der Waals surface area contributed by atoms with Crippen LogP contribution in [0.2, 0.25) is 0 Å². The van der Waals surface area contributed by atoms with Gasteiger partial charge in [0.1, 0.15) is 6.61 Å². The number of hydrogen-bond acceptors (Lipinski definition) is 5. The predicted molar refractivity (Wildman–Crippen MR) is 92.9 cm³/mol. The summed E-state index contributed by atoms with van der Waals surface area (Å²) in [5.41, 5.74) is 0. The van der Waals surface area contributed by atoms with Gasteiger partial charge in [0.15, 0.2) is 5.13 Å². The third-order valence-electron chi connectivity index (χ3n) is 4.80. The maximum Gasteiger partial charge on any atom is 0.248 e. The van der Waals surface area contributed by atoms with Crippen molar-refractivity contribution in [2.45, 2.75) is 51.0 Å². The molecule has 2 heterocycles. The Morgan fingerprint density at radius 2 is 2.08 bits per heavy atom. The molecule has 1 unspecified atom stereocenters. The van der Waals surface area contributed by atoms with E-state index >= 15 is 0 Å². The van der Waals surface area contributed by atoms with Crippen LogP contribution in [0.15, 0.2) is 11.6 Å². The highest BCUT2D eigenvalue weighted by Crippen LogP contribution is 2.22. The van der Waals surface area contributed by atoms with E-state index in [9.17, 15) is 9.59 Å². The van der Waals surface area contributed by atoms with Gasteiger partial charge in [-0.15, -0.1) is 11.3 Å². The standard InChI is InChI=1S/C17H25N3O3S/c21-15(12-23-14-6-2-1-3-7-14)20-9-4-5-13(11-20)16(22)19-17-18-8-10-24-17/h8,10,13-14H,1-7,9,11-12H2,(H,18,19,22). The second kappa shape index (κ2) is 8.58. The number of piperidine rings is 1. The van der Waals surface area contributed by atoms with Crippen LogP contribution in [0.5, 0.6) is 0 Å². The van der Waals surface area contributed by atoms with Gasteiger partial charge in [0.2, 0.25) is 11.8 Å². The van der Waals surface area contributed by atoms with Gasteiger partial charge in [-0.3, -0.25) is 9.59 Å². The van der Waals surface area contributed by atoms with Gasteiger partial charge in [-0.25, -0.2) is 4.98 Å². The molecular formula is C17H25N3O3S. The summed E-state index contributed by atoms with van der Waals surface area (Å²) in [7, 11) is 0. The van der Waals surface area contributed by atoms with Crippen molar-refractivity contribution in [1.29, 1.82) is 0 Å². The van der Waals surface area contributed by atoms with Crippen LogP contribution < -0.4 is 5.32 Å². The first-order valence-corrected chi connectivity index (χ1v) is 9.70. The molecule has 1 aliphatic carbocycles. The molecule has 0 aromatic carbocycles. The van der Waals surface area contributed by atoms with Crippen molar-refractivity contribution >= 4 is 28.3 Å². The number of nitrogens with zero attached hydrogens (tertiary/aromatic N) is 2. The van der Waals surface area contributed by atoms with Gasteiger partial charge in [0.05, 0.1) is 12.0 Å². The van der Waals surface area contributed by atoms with E-state index in [4.69, 9.17) is 4.74 Å². The summed E-state index contributed by atoms with van der Waals surface area (Å²) >= 11 is 1.40. The third-order valence-corrected chi connectivity index (χ3v) is 5.49. The Kier molecular flexibility index (Phi) is 6.20. The summed E-state index contributed by atoms with van der Waals surface area (Å²) < 4.78 is 5.78. The number of amides is 2. The summed E-state index contributed by atoms with van der Waals surface area (Å²) in [5.74, 6) is -0.204. The monoisotopic (exact) mass is 351 g/mol. The van der Waals surface area contributed by atoms with Crippen LogP contribution in [0.4, 0.5) is 5.13 Å². The SMILES string of the molecule is O=C(Nc1nccs1)C1CCCN(C(=O)COC2CCCCC2)C1. The summed E-state index contributed by atoms with van der Waals surface area (Å²) in [4.78, 5) is 30.6. The van der Waals surface area contributed by atoms with Crippen LogP contribution in [-0.2, 0) is 14.3 Å². The van der Waals surface area contributed by atoms with E-state index in [1.165, 1.54) is 30.6 Å². The number of carbonyl (C=O) groups is 2. The van der Waals surface area contributed by atoms with Crippen LogP contribution in [0.1, 0.15) is 44.9 Å². The molecule has 7 heteroatoms. The molecule has 1 saturated heterocycles. The average molecular weight is 351 g/mol. The van der Waals surface area contributed by atoms with Gasteiger partial charge in [0, 0.05) is 24.7 Å². The van der Waals surface area contributed by atoms with E-state index in [1.54, 1.807) is 11.1 Å². The maximum absolute atomic E-state index is 12.4. The van der Waals surface area contributed by atoms with E-state index in [2.05, 4.69) is 10.3 Å². The summed E-state index contributed by atoms with van der Waals surface area (Å²) in [6.07, 6.45) is 9.35. The number of thiazole rings is 1. The van der Waals surface area contributed by atoms with E-state index < -0.39 is 0 Å². The molecule has 1 atom stereocenters. The van der Waals surface area contributed by atoms with E-state index in [1.807, 2.05) is 5.38 Å². The molecule has 0 spiro atoms. The van der Waals surface area contributed by atoms with Crippen molar-refractivity contribution in [3.05, 3.63) is 11.6 Å². The Balaban J connectivity index is 1.45. The highest BCUT2D eigenvalue weighted by Gasteiger charge is 2.29. The van der Waals surface area contributed by atoms with E-state index in [0.717, 1.165) is 25.7 Å². The Morgan fingerprint density at radius 3 is 2.83 bits per heavy atom. The minimum Gasteiger partial charge on any atom is -0.368 e. The van der Waals surface area contributed by atoms with Gasteiger partial charge >= 0.3 is 0 Å². The first-order valence-electron chi connectivity index (χ1n) is 8.82. The Morgan fingerprint density at radius 1 is 1.25 bits per heavy atom. The second-order valence-corrected chi connectivity index (χ2v) is 7.47. The molecule has 1 N–H and O–H groups in total. The summed E-state index contributed by atoms with van der Waals surface area (Å²) in [5, 5.41) is 5.28. The van der Waals surface area contributed by atoms with Gasteiger partial charge in [-0.2, -0.15) is 0 Å². The number of likely N-dealkylation sites (tertiary alicyclic amines) is 1. The number of anilines is 1. The summed E-state index contributed by atoms with van der Waals surface area (Å²) in [6.45, 7) is 1.34. The minimum atomic E-state index is -0.165. The second-order valence-electron chi connectivity index (χ2n) is 6.58. The lowest BCUT2D eigenvalue weighted by molar-refractivity contribution is -0.141. The lowest BCUT2D eigenvalue weighted by Gasteiger charge is -2.32. The number of aromatic nitrogens is 1. The smallest absolute Gasteiger partial charge is 0.248 e. The van der Waals surface area contributed by atoms with E-state index in [0.29, 0.717) is 18.2 Å². The normalized spacial score (nSPS) is 22.3. The van der Waals surface area contributed by atoms with Crippen LogP contribution in [0, 0.1) is 5.92 Å². The highest BCUT2D eigenvalue weighted by atomic mass is 32.1. The van der Waals surface area contributed by atoms with Crippen molar-refractivity contribution in [2.75, 3.05) is 25.0 Å². The zero-order valence-corrected chi connectivity index (χ0v) is 14.7. The lowest BCUT2D eigenvalue weighted by Crippen LogP contribution is -2.45. The van der Waals surface area contributed by atoms with Gasteiger partial charge in [-0.05, 0) is 25.7 Å². The molecule has 6 nitrogen and oxygen atoms in total. The molecule has 1 aromatic heterocycles. The van der Waals surface area contributed by atoms with Crippen molar-refractivity contribution < 1.29 is 14.3 Å². The Labute approximate surface area is 146 Å². The number of ether oxygens (including phenoxy) is 1. The van der Waals surface area contributed by atoms with E-state index in [-0.39, 0.29) is 30.4 Å². The maximum atomic E-state index is 12.4. The topological polar surface area (TPSA) is 71.5 Å². The molecule has 1 aromatic rings. The molecule has 0 bridgehead atoms.